The van der Waals surface area contributed by atoms with E-state index in [9.17, 15) is 18.0 Å². The Kier molecular flexibility index (Phi) is 5.22. The predicted octanol–water partition coefficient (Wildman–Crippen LogP) is 7.49. The molecule has 6 heteroatoms. The van der Waals surface area contributed by atoms with Crippen LogP contribution in [0.4, 0.5) is 24.5 Å². The SMILES string of the molecule is O=C(c1ccccc1)c1ccc(Nc2ccc(Cl)cc2)c2cc(C(F)(F)F)ccc12. The molecule has 1 N–H and O–H groups in total. The van der Waals surface area contributed by atoms with E-state index in [0.717, 1.165) is 12.1 Å². The third-order valence-electron chi connectivity index (χ3n) is 4.75. The van der Waals surface area contributed by atoms with Gasteiger partial charge in [0.15, 0.2) is 5.78 Å². The summed E-state index contributed by atoms with van der Waals surface area (Å²) in [5, 5.41) is 4.42. The van der Waals surface area contributed by atoms with Crippen molar-refractivity contribution >= 4 is 39.5 Å². The zero-order chi connectivity index (χ0) is 21.3. The molecule has 0 saturated carbocycles. The maximum Gasteiger partial charge on any atom is 0.416 e. The molecule has 4 aromatic rings. The molecule has 0 atom stereocenters. The zero-order valence-corrected chi connectivity index (χ0v) is 16.3. The predicted molar refractivity (Wildman–Crippen MR) is 114 cm³/mol. The van der Waals surface area contributed by atoms with Gasteiger partial charge in [0.2, 0.25) is 0 Å². The first-order valence-electron chi connectivity index (χ1n) is 9.09. The molecule has 0 fully saturated rings. The number of carbonyl (C=O) groups is 1. The van der Waals surface area contributed by atoms with E-state index in [1.807, 2.05) is 0 Å². The highest BCUT2D eigenvalue weighted by molar-refractivity contribution is 6.30. The normalized spacial score (nSPS) is 11.5. The first-order chi connectivity index (χ1) is 14.3. The highest BCUT2D eigenvalue weighted by Crippen LogP contribution is 2.36. The van der Waals surface area contributed by atoms with Gasteiger partial charge in [0, 0.05) is 32.9 Å². The summed E-state index contributed by atoms with van der Waals surface area (Å²) in [5.41, 5.74) is 1.16. The van der Waals surface area contributed by atoms with E-state index in [4.69, 9.17) is 11.6 Å². The van der Waals surface area contributed by atoms with E-state index in [0.29, 0.717) is 38.3 Å². The van der Waals surface area contributed by atoms with Crippen molar-refractivity contribution in [2.24, 2.45) is 0 Å². The van der Waals surface area contributed by atoms with Crippen LogP contribution in [0.2, 0.25) is 5.02 Å². The molecule has 0 bridgehead atoms. The van der Waals surface area contributed by atoms with Gasteiger partial charge in [-0.25, -0.2) is 0 Å². The molecule has 4 rings (SSSR count). The minimum Gasteiger partial charge on any atom is -0.355 e. The third-order valence-corrected chi connectivity index (χ3v) is 5.00. The number of hydrogen-bond donors (Lipinski definition) is 1. The number of rotatable bonds is 4. The molecule has 0 radical (unpaired) electrons. The second kappa shape index (κ2) is 7.84. The molecular weight excluding hydrogens is 411 g/mol. The number of hydrogen-bond acceptors (Lipinski definition) is 2. The van der Waals surface area contributed by atoms with E-state index < -0.39 is 11.7 Å². The monoisotopic (exact) mass is 425 g/mol. The standard InChI is InChI=1S/C24H15ClF3NO/c25-17-7-9-18(10-8-17)29-22-13-12-20(23(30)15-4-2-1-3-5-15)19-11-6-16(14-21(19)22)24(26,27)28/h1-14,29H. The molecule has 0 saturated heterocycles. The molecule has 0 unspecified atom stereocenters. The quantitative estimate of drug-likeness (QED) is 0.343. The van der Waals surface area contributed by atoms with E-state index >= 15 is 0 Å². The van der Waals surface area contributed by atoms with Gasteiger partial charge in [-0.1, -0.05) is 48.0 Å². The summed E-state index contributed by atoms with van der Waals surface area (Å²) in [5.74, 6) is -0.251. The Hall–Kier alpha value is -3.31. The minimum absolute atomic E-state index is 0.251. The first kappa shape index (κ1) is 20.0. The molecule has 0 aromatic heterocycles. The lowest BCUT2D eigenvalue weighted by atomic mass is 9.95. The third kappa shape index (κ3) is 4.02. The highest BCUT2D eigenvalue weighted by atomic mass is 35.5. The summed E-state index contributed by atoms with van der Waals surface area (Å²) in [6, 6.07) is 22.1. The van der Waals surface area contributed by atoms with Crippen molar-refractivity contribution in [3.63, 3.8) is 0 Å². The lowest BCUT2D eigenvalue weighted by Gasteiger charge is -2.15. The largest absolute Gasteiger partial charge is 0.416 e. The second-order valence-electron chi connectivity index (χ2n) is 6.75. The molecule has 0 amide bonds. The van der Waals surface area contributed by atoms with Crippen LogP contribution < -0.4 is 5.32 Å². The summed E-state index contributed by atoms with van der Waals surface area (Å²) in [6.07, 6.45) is -4.49. The number of fused-ring (bicyclic) bond motifs is 1. The molecule has 150 valence electrons. The fourth-order valence-corrected chi connectivity index (χ4v) is 3.39. The maximum absolute atomic E-state index is 13.3. The number of carbonyl (C=O) groups excluding carboxylic acids is 1. The van der Waals surface area contributed by atoms with Crippen LogP contribution in [0.15, 0.2) is 84.9 Å². The van der Waals surface area contributed by atoms with Gasteiger partial charge in [-0.2, -0.15) is 13.2 Å². The maximum atomic E-state index is 13.3. The second-order valence-corrected chi connectivity index (χ2v) is 7.18. The Morgan fingerprint density at radius 3 is 2.17 bits per heavy atom. The van der Waals surface area contributed by atoms with E-state index in [1.54, 1.807) is 66.7 Å². The van der Waals surface area contributed by atoms with E-state index in [2.05, 4.69) is 5.32 Å². The van der Waals surface area contributed by atoms with Crippen molar-refractivity contribution in [2.75, 3.05) is 5.32 Å². The van der Waals surface area contributed by atoms with Crippen molar-refractivity contribution in [2.45, 2.75) is 6.18 Å². The van der Waals surface area contributed by atoms with Crippen molar-refractivity contribution in [1.82, 2.24) is 0 Å². The highest BCUT2D eigenvalue weighted by Gasteiger charge is 2.31. The van der Waals surface area contributed by atoms with Gasteiger partial charge in [0.1, 0.15) is 0 Å². The summed E-state index contributed by atoms with van der Waals surface area (Å²) in [4.78, 5) is 13.0. The van der Waals surface area contributed by atoms with E-state index in [1.165, 1.54) is 6.07 Å². The van der Waals surface area contributed by atoms with Crippen LogP contribution >= 0.6 is 11.6 Å². The van der Waals surface area contributed by atoms with Gasteiger partial charge >= 0.3 is 6.18 Å². The van der Waals surface area contributed by atoms with Gasteiger partial charge in [0.25, 0.3) is 0 Å². The Balaban J connectivity index is 1.87. The summed E-state index contributed by atoms with van der Waals surface area (Å²) >= 11 is 5.90. The van der Waals surface area contributed by atoms with Crippen LogP contribution in [-0.4, -0.2) is 5.78 Å². The van der Waals surface area contributed by atoms with Crippen LogP contribution in [-0.2, 0) is 6.18 Å². The van der Waals surface area contributed by atoms with Crippen molar-refractivity contribution < 1.29 is 18.0 Å². The molecule has 0 aliphatic carbocycles. The lowest BCUT2D eigenvalue weighted by molar-refractivity contribution is -0.137. The average Bonchev–Trinajstić information content (AvgIpc) is 2.74. The topological polar surface area (TPSA) is 29.1 Å². The number of alkyl halides is 3. The molecule has 0 spiro atoms. The molecule has 0 aliphatic rings. The van der Waals surface area contributed by atoms with Gasteiger partial charge in [-0.15, -0.1) is 0 Å². The minimum atomic E-state index is -4.49. The van der Waals surface area contributed by atoms with Gasteiger partial charge in [-0.3, -0.25) is 4.79 Å². The van der Waals surface area contributed by atoms with Crippen LogP contribution in [0.25, 0.3) is 10.8 Å². The van der Waals surface area contributed by atoms with Crippen LogP contribution in [0.5, 0.6) is 0 Å². The van der Waals surface area contributed by atoms with Gasteiger partial charge < -0.3 is 5.32 Å². The van der Waals surface area contributed by atoms with Gasteiger partial charge in [0.05, 0.1) is 5.56 Å². The first-order valence-corrected chi connectivity index (χ1v) is 9.47. The Morgan fingerprint density at radius 2 is 1.50 bits per heavy atom. The number of benzene rings is 4. The van der Waals surface area contributed by atoms with Crippen molar-refractivity contribution in [1.29, 1.82) is 0 Å². The number of anilines is 2. The van der Waals surface area contributed by atoms with Crippen molar-refractivity contribution in [3.8, 4) is 0 Å². The molecule has 4 aromatic carbocycles. The van der Waals surface area contributed by atoms with Gasteiger partial charge in [-0.05, 0) is 53.9 Å². The van der Waals surface area contributed by atoms with Crippen molar-refractivity contribution in [3.05, 3.63) is 107 Å². The molecular formula is C24H15ClF3NO. The van der Waals surface area contributed by atoms with Crippen LogP contribution in [0.1, 0.15) is 21.5 Å². The zero-order valence-electron chi connectivity index (χ0n) is 15.5. The average molecular weight is 426 g/mol. The van der Waals surface area contributed by atoms with Crippen LogP contribution in [0.3, 0.4) is 0 Å². The molecule has 0 heterocycles. The Labute approximate surface area is 175 Å². The van der Waals surface area contributed by atoms with E-state index in [-0.39, 0.29) is 5.78 Å². The Morgan fingerprint density at radius 1 is 0.800 bits per heavy atom. The summed E-state index contributed by atoms with van der Waals surface area (Å²) in [7, 11) is 0. The number of halogens is 4. The Bertz CT molecular complexity index is 1220. The molecule has 30 heavy (non-hydrogen) atoms. The summed E-state index contributed by atoms with van der Waals surface area (Å²) in [6.45, 7) is 0. The number of ketones is 1. The fraction of sp³-hybridized carbons (Fsp3) is 0.0417. The molecule has 2 nitrogen and oxygen atoms in total. The fourth-order valence-electron chi connectivity index (χ4n) is 3.27. The summed E-state index contributed by atoms with van der Waals surface area (Å²) < 4.78 is 40.0. The van der Waals surface area contributed by atoms with Crippen LogP contribution in [0, 0.1) is 0 Å². The lowest BCUT2D eigenvalue weighted by Crippen LogP contribution is -2.07. The number of nitrogens with one attached hydrogen (secondary N) is 1. The smallest absolute Gasteiger partial charge is 0.355 e. The molecule has 0 aliphatic heterocycles.